The molecule has 0 N–H and O–H groups in total. The number of nitrogens with zero attached hydrogens (tertiary/aromatic N) is 2. The quantitative estimate of drug-likeness (QED) is 0.107. The molecule has 0 bridgehead atoms. The monoisotopic (exact) mass is 530 g/mol. The zero-order valence-electron chi connectivity index (χ0n) is 22.2. The van der Waals surface area contributed by atoms with Crippen molar-refractivity contribution in [2.24, 2.45) is 0 Å². The fourth-order valence-electron chi connectivity index (χ4n) is 5.34. The minimum atomic E-state index is -6.00. The van der Waals surface area contributed by atoms with Gasteiger partial charge in [-0.25, -0.2) is 0 Å². The van der Waals surface area contributed by atoms with Gasteiger partial charge in [0.1, 0.15) is 18.0 Å². The maximum Gasteiger partial charge on any atom is 0.673 e. The highest BCUT2D eigenvalue weighted by molar-refractivity contribution is 6.50. The lowest BCUT2D eigenvalue weighted by atomic mass is 9.88. The second kappa shape index (κ2) is 11.0. The lowest BCUT2D eigenvalue weighted by molar-refractivity contribution is -0.645. The van der Waals surface area contributed by atoms with Crippen LogP contribution >= 0.6 is 0 Å². The average molecular weight is 530 g/mol. The molecule has 4 aromatic rings. The van der Waals surface area contributed by atoms with E-state index in [-0.39, 0.29) is 0 Å². The second-order valence-corrected chi connectivity index (χ2v) is 8.89. The summed E-state index contributed by atoms with van der Waals surface area (Å²) >= 11 is 0. The summed E-state index contributed by atoms with van der Waals surface area (Å²) in [6.45, 7) is 6.23. The lowest BCUT2D eigenvalue weighted by Gasteiger charge is -2.34. The van der Waals surface area contributed by atoms with Crippen LogP contribution in [0.2, 0.25) is 0 Å². The molecule has 0 aliphatic carbocycles. The number of aryl methyl sites for hydroxylation is 1. The molecule has 0 atom stereocenters. The molecule has 0 unspecified atom stereocenters. The molecule has 2 heterocycles. The van der Waals surface area contributed by atoms with Crippen molar-refractivity contribution in [3.63, 3.8) is 0 Å². The summed E-state index contributed by atoms with van der Waals surface area (Å²) < 4.78 is 59.2. The van der Waals surface area contributed by atoms with E-state index < -0.39 is 7.25 Å². The van der Waals surface area contributed by atoms with Crippen LogP contribution in [0.4, 0.5) is 28.6 Å². The van der Waals surface area contributed by atoms with E-state index in [0.717, 1.165) is 76.4 Å². The molecule has 0 radical (unpaired) electrons. The predicted octanol–water partition coefficient (Wildman–Crippen LogP) is 7.54. The van der Waals surface area contributed by atoms with Crippen molar-refractivity contribution in [2.45, 2.75) is 33.2 Å². The third-order valence-corrected chi connectivity index (χ3v) is 6.57. The molecule has 10 heteroatoms. The van der Waals surface area contributed by atoms with Gasteiger partial charge < -0.3 is 36.4 Å². The fraction of sp³-hybridized carbons (Fsp3) is 0.321. The van der Waals surface area contributed by atoms with Crippen molar-refractivity contribution in [2.75, 3.05) is 32.8 Å². The molecule has 0 fully saturated rings. The smallest absolute Gasteiger partial charge is 0.496 e. The standard InChI is InChI=1S/C28H31N2O3.BF4/c1-6-16-29-18-10-8-12-21(31-3)24(18)27-25-19(11-9-13-22(25)32-4)30(17-7-2)28-23(33-5)15-14-20(29)26(27)28;2-1(3,4)5/h8-15H,6-7,16-17H2,1-5H3;/q+1;-1. The third-order valence-electron chi connectivity index (χ3n) is 6.57. The zero-order chi connectivity index (χ0) is 27.6. The first-order chi connectivity index (χ1) is 18.2. The van der Waals surface area contributed by atoms with E-state index in [4.69, 9.17) is 14.2 Å². The summed E-state index contributed by atoms with van der Waals surface area (Å²) in [6.07, 6.45) is 2.04. The van der Waals surface area contributed by atoms with Crippen molar-refractivity contribution in [3.05, 3.63) is 48.5 Å². The van der Waals surface area contributed by atoms with Crippen molar-refractivity contribution in [1.82, 2.24) is 0 Å². The van der Waals surface area contributed by atoms with Gasteiger partial charge in [0.2, 0.25) is 5.52 Å². The number of benzene rings is 3. The van der Waals surface area contributed by atoms with Crippen LogP contribution in [-0.4, -0.2) is 35.1 Å². The Labute approximate surface area is 219 Å². The Kier molecular flexibility index (Phi) is 7.90. The number of hydrogen-bond donors (Lipinski definition) is 0. The number of pyridine rings is 1. The molecule has 5 nitrogen and oxygen atoms in total. The Morgan fingerprint density at radius 3 is 1.95 bits per heavy atom. The van der Waals surface area contributed by atoms with E-state index in [0.29, 0.717) is 0 Å². The number of aromatic nitrogens is 1. The van der Waals surface area contributed by atoms with Gasteiger partial charge in [0, 0.05) is 30.2 Å². The van der Waals surface area contributed by atoms with Crippen LogP contribution in [0.25, 0.3) is 32.9 Å². The Morgan fingerprint density at radius 2 is 1.34 bits per heavy atom. The molecule has 0 saturated heterocycles. The van der Waals surface area contributed by atoms with Crippen molar-refractivity contribution in [1.29, 1.82) is 0 Å². The van der Waals surface area contributed by atoms with E-state index in [9.17, 15) is 17.3 Å². The van der Waals surface area contributed by atoms with E-state index in [1.165, 1.54) is 11.1 Å². The molecule has 1 aliphatic rings. The Morgan fingerprint density at radius 1 is 0.711 bits per heavy atom. The highest BCUT2D eigenvalue weighted by Gasteiger charge is 2.36. The first-order valence-electron chi connectivity index (χ1n) is 12.5. The summed E-state index contributed by atoms with van der Waals surface area (Å²) in [5, 5.41) is 2.29. The van der Waals surface area contributed by atoms with Crippen molar-refractivity contribution in [3.8, 4) is 28.4 Å². The van der Waals surface area contributed by atoms with Gasteiger partial charge in [-0.2, -0.15) is 4.57 Å². The molecule has 0 saturated carbocycles. The predicted molar refractivity (Wildman–Crippen MR) is 145 cm³/mol. The maximum absolute atomic E-state index is 9.75. The summed E-state index contributed by atoms with van der Waals surface area (Å²) in [5.41, 5.74) is 6.87. The maximum atomic E-state index is 9.75. The van der Waals surface area contributed by atoms with Gasteiger partial charge >= 0.3 is 7.25 Å². The molecule has 0 spiro atoms. The summed E-state index contributed by atoms with van der Waals surface area (Å²) in [5.74, 6) is 2.61. The molecule has 3 aromatic carbocycles. The number of fused-ring (bicyclic) bond motifs is 4. The van der Waals surface area contributed by atoms with Gasteiger partial charge in [-0.3, -0.25) is 0 Å². The molecular formula is C28H31BF4N2O3. The molecule has 5 rings (SSSR count). The van der Waals surface area contributed by atoms with Crippen molar-refractivity contribution >= 4 is 40.4 Å². The van der Waals surface area contributed by atoms with Crippen LogP contribution < -0.4 is 23.7 Å². The number of halogens is 4. The van der Waals surface area contributed by atoms with Crippen LogP contribution in [0.15, 0.2) is 48.5 Å². The first kappa shape index (κ1) is 27.4. The van der Waals surface area contributed by atoms with Gasteiger partial charge in [0.15, 0.2) is 5.75 Å². The second-order valence-electron chi connectivity index (χ2n) is 8.89. The zero-order valence-corrected chi connectivity index (χ0v) is 22.2. The van der Waals surface area contributed by atoms with Gasteiger partial charge in [-0.15, -0.1) is 0 Å². The Balaban J connectivity index is 0.000000617. The normalized spacial score (nSPS) is 12.2. The number of rotatable bonds is 7. The Bertz CT molecular complexity index is 1470. The first-order valence-corrected chi connectivity index (χ1v) is 12.5. The van der Waals surface area contributed by atoms with Gasteiger partial charge in [-0.05, 0) is 36.8 Å². The molecule has 1 aliphatic heterocycles. The van der Waals surface area contributed by atoms with Gasteiger partial charge in [-0.1, -0.05) is 26.0 Å². The van der Waals surface area contributed by atoms with E-state index in [1.54, 1.807) is 21.3 Å². The minimum Gasteiger partial charge on any atom is -0.496 e. The largest absolute Gasteiger partial charge is 0.673 e. The van der Waals surface area contributed by atoms with Crippen LogP contribution in [0, 0.1) is 0 Å². The van der Waals surface area contributed by atoms with Crippen LogP contribution in [-0.2, 0) is 6.54 Å². The summed E-state index contributed by atoms with van der Waals surface area (Å²) in [7, 11) is -0.750. The molecule has 38 heavy (non-hydrogen) atoms. The Hall–Kier alpha value is -3.69. The van der Waals surface area contributed by atoms with E-state index in [2.05, 4.69) is 59.7 Å². The highest BCUT2D eigenvalue weighted by atomic mass is 19.5. The minimum absolute atomic E-state index is 0.865. The fourth-order valence-corrected chi connectivity index (χ4v) is 5.34. The number of methoxy groups -OCH3 is 3. The van der Waals surface area contributed by atoms with Crippen LogP contribution in [0.5, 0.6) is 17.2 Å². The summed E-state index contributed by atoms with van der Waals surface area (Å²) in [6, 6.07) is 16.9. The molecular weight excluding hydrogens is 499 g/mol. The summed E-state index contributed by atoms with van der Waals surface area (Å²) in [4.78, 5) is 2.42. The lowest BCUT2D eigenvalue weighted by Crippen LogP contribution is -2.37. The topological polar surface area (TPSA) is 34.8 Å². The van der Waals surface area contributed by atoms with E-state index >= 15 is 0 Å². The van der Waals surface area contributed by atoms with Crippen molar-refractivity contribution < 1.29 is 36.0 Å². The molecule has 0 amide bonds. The number of hydrogen-bond acceptors (Lipinski definition) is 4. The van der Waals surface area contributed by atoms with Gasteiger partial charge in [0.05, 0.1) is 43.5 Å². The van der Waals surface area contributed by atoms with Gasteiger partial charge in [0.25, 0.3) is 5.52 Å². The average Bonchev–Trinajstić information content (AvgIpc) is 2.89. The highest BCUT2D eigenvalue weighted by Crippen LogP contribution is 2.55. The molecule has 202 valence electrons. The number of ether oxygens (including phenoxy) is 3. The van der Waals surface area contributed by atoms with E-state index in [1.807, 2.05) is 12.1 Å². The SMILES string of the molecule is CCCN1c2cccc(OC)c2-c2c3c(OC)cccc3[n+](CCC)c3c(OC)ccc1c23.F[B-](F)(F)F. The third kappa shape index (κ3) is 4.79. The number of anilines is 2. The van der Waals surface area contributed by atoms with Crippen LogP contribution in [0.3, 0.4) is 0 Å². The molecule has 1 aromatic heterocycles. The van der Waals surface area contributed by atoms with Crippen LogP contribution in [0.1, 0.15) is 26.7 Å².